The van der Waals surface area contributed by atoms with Crippen LogP contribution in [-0.2, 0) is 0 Å². The maximum Gasteiger partial charge on any atom is 0.193 e. The molecule has 1 aliphatic rings. The van der Waals surface area contributed by atoms with E-state index < -0.39 is 0 Å². The van der Waals surface area contributed by atoms with Gasteiger partial charge in [0.1, 0.15) is 0 Å². The highest BCUT2D eigenvalue weighted by molar-refractivity contribution is 14.0. The molecule has 1 aliphatic heterocycles. The Morgan fingerprint density at radius 3 is 2.57 bits per heavy atom. The standard InChI is InChI=1S/C16H26N4.HI/c1-14(20-12-6-3-7-13-20)10-11-18-16(17)19-15-8-4-2-5-9-15;/h2,4-5,8-9,14H,3,6-7,10-13H2,1H3,(H3,17,18,19);1H. The van der Waals surface area contributed by atoms with Crippen LogP contribution in [-0.4, -0.2) is 36.5 Å². The van der Waals surface area contributed by atoms with Crippen LogP contribution in [0.1, 0.15) is 32.6 Å². The minimum atomic E-state index is 0. The van der Waals surface area contributed by atoms with Crippen LogP contribution in [0.2, 0.25) is 0 Å². The zero-order chi connectivity index (χ0) is 14.2. The molecule has 4 nitrogen and oxygen atoms in total. The second-order valence-corrected chi connectivity index (χ2v) is 5.49. The molecule has 5 heteroatoms. The molecular formula is C16H27IN4. The molecule has 0 radical (unpaired) electrons. The van der Waals surface area contributed by atoms with Gasteiger partial charge in [-0.1, -0.05) is 24.6 Å². The van der Waals surface area contributed by atoms with E-state index in [0.29, 0.717) is 12.0 Å². The maximum absolute atomic E-state index is 5.90. The number of hydrogen-bond acceptors (Lipinski definition) is 2. The number of nitrogens with zero attached hydrogens (tertiary/aromatic N) is 2. The molecule has 1 fully saturated rings. The van der Waals surface area contributed by atoms with E-state index in [1.807, 2.05) is 30.3 Å². The van der Waals surface area contributed by atoms with E-state index in [2.05, 4.69) is 22.1 Å². The predicted octanol–water partition coefficient (Wildman–Crippen LogP) is 3.30. The van der Waals surface area contributed by atoms with Crippen molar-refractivity contribution < 1.29 is 0 Å². The van der Waals surface area contributed by atoms with Gasteiger partial charge in [0.15, 0.2) is 5.96 Å². The SMILES string of the molecule is CC(CCN=C(N)Nc1ccccc1)N1CCCCC1.I. The van der Waals surface area contributed by atoms with E-state index in [0.717, 1.165) is 18.7 Å². The van der Waals surface area contributed by atoms with E-state index >= 15 is 0 Å². The van der Waals surface area contributed by atoms with Gasteiger partial charge >= 0.3 is 0 Å². The molecule has 0 amide bonds. The van der Waals surface area contributed by atoms with Crippen molar-refractivity contribution >= 4 is 35.6 Å². The first-order chi connectivity index (χ1) is 9.75. The quantitative estimate of drug-likeness (QED) is 0.452. The zero-order valence-electron chi connectivity index (χ0n) is 12.8. The molecule has 0 aromatic heterocycles. The summed E-state index contributed by atoms with van der Waals surface area (Å²) in [7, 11) is 0. The van der Waals surface area contributed by atoms with E-state index in [1.54, 1.807) is 0 Å². The number of aliphatic imine (C=N–C) groups is 1. The third kappa shape index (κ3) is 6.65. The van der Waals surface area contributed by atoms with Crippen molar-refractivity contribution in [3.05, 3.63) is 30.3 Å². The Bertz CT molecular complexity index is 416. The largest absolute Gasteiger partial charge is 0.370 e. The van der Waals surface area contributed by atoms with Crippen molar-refractivity contribution in [3.63, 3.8) is 0 Å². The Balaban J connectivity index is 0.00000220. The van der Waals surface area contributed by atoms with Crippen LogP contribution < -0.4 is 11.1 Å². The molecule has 3 N–H and O–H groups in total. The molecule has 21 heavy (non-hydrogen) atoms. The number of likely N-dealkylation sites (tertiary alicyclic amines) is 1. The number of anilines is 1. The van der Waals surface area contributed by atoms with Gasteiger partial charge in [0.2, 0.25) is 0 Å². The lowest BCUT2D eigenvalue weighted by Crippen LogP contribution is -2.37. The first-order valence-corrected chi connectivity index (χ1v) is 7.62. The molecule has 2 rings (SSSR count). The summed E-state index contributed by atoms with van der Waals surface area (Å²) in [5.74, 6) is 0.502. The van der Waals surface area contributed by atoms with Gasteiger partial charge in [-0.15, -0.1) is 24.0 Å². The van der Waals surface area contributed by atoms with Crippen molar-refractivity contribution in [3.8, 4) is 0 Å². The Hall–Kier alpha value is -0.820. The molecule has 0 bridgehead atoms. The lowest BCUT2D eigenvalue weighted by Gasteiger charge is -2.32. The van der Waals surface area contributed by atoms with Crippen LogP contribution >= 0.6 is 24.0 Å². The number of halogens is 1. The molecule has 1 atom stereocenters. The summed E-state index contributed by atoms with van der Waals surface area (Å²) in [6.45, 7) is 5.55. The Labute approximate surface area is 145 Å². The number of benzene rings is 1. The summed E-state index contributed by atoms with van der Waals surface area (Å²) in [5.41, 5.74) is 6.88. The molecule has 1 aromatic carbocycles. The average molecular weight is 402 g/mol. The third-order valence-corrected chi connectivity index (χ3v) is 3.89. The summed E-state index contributed by atoms with van der Waals surface area (Å²) >= 11 is 0. The van der Waals surface area contributed by atoms with Gasteiger partial charge in [0.25, 0.3) is 0 Å². The van der Waals surface area contributed by atoms with Gasteiger partial charge < -0.3 is 16.0 Å². The van der Waals surface area contributed by atoms with Crippen molar-refractivity contribution in [2.45, 2.75) is 38.6 Å². The predicted molar refractivity (Wildman–Crippen MR) is 101 cm³/mol. The molecule has 118 valence electrons. The monoisotopic (exact) mass is 402 g/mol. The molecule has 0 saturated carbocycles. The minimum absolute atomic E-state index is 0. The van der Waals surface area contributed by atoms with E-state index in [-0.39, 0.29) is 24.0 Å². The Kier molecular flexibility index (Phi) is 8.68. The normalized spacial score (nSPS) is 17.9. The number of guanidine groups is 1. The van der Waals surface area contributed by atoms with Crippen LogP contribution in [0.5, 0.6) is 0 Å². The van der Waals surface area contributed by atoms with Crippen LogP contribution in [0.25, 0.3) is 0 Å². The minimum Gasteiger partial charge on any atom is -0.370 e. The highest BCUT2D eigenvalue weighted by atomic mass is 127. The molecule has 1 unspecified atom stereocenters. The summed E-state index contributed by atoms with van der Waals surface area (Å²) < 4.78 is 0. The van der Waals surface area contributed by atoms with Crippen LogP contribution in [0.4, 0.5) is 5.69 Å². The molecular weight excluding hydrogens is 375 g/mol. The smallest absolute Gasteiger partial charge is 0.193 e. The Morgan fingerprint density at radius 2 is 1.90 bits per heavy atom. The number of nitrogens with one attached hydrogen (secondary N) is 1. The summed E-state index contributed by atoms with van der Waals surface area (Å²) in [6, 6.07) is 10.5. The topological polar surface area (TPSA) is 53.6 Å². The van der Waals surface area contributed by atoms with Gasteiger partial charge in [-0.2, -0.15) is 0 Å². The first-order valence-electron chi connectivity index (χ1n) is 7.62. The van der Waals surface area contributed by atoms with Crippen LogP contribution in [0.3, 0.4) is 0 Å². The summed E-state index contributed by atoms with van der Waals surface area (Å²) in [4.78, 5) is 6.98. The van der Waals surface area contributed by atoms with E-state index in [1.165, 1.54) is 32.4 Å². The average Bonchev–Trinajstić information content (AvgIpc) is 2.49. The van der Waals surface area contributed by atoms with Gasteiger partial charge in [-0.25, -0.2) is 0 Å². The van der Waals surface area contributed by atoms with Crippen molar-refractivity contribution in [2.75, 3.05) is 25.0 Å². The fourth-order valence-corrected chi connectivity index (χ4v) is 2.62. The number of rotatable bonds is 5. The van der Waals surface area contributed by atoms with E-state index in [4.69, 9.17) is 5.73 Å². The number of piperidine rings is 1. The highest BCUT2D eigenvalue weighted by Crippen LogP contribution is 2.13. The fourth-order valence-electron chi connectivity index (χ4n) is 2.62. The molecule has 1 heterocycles. The second kappa shape index (κ2) is 10.00. The van der Waals surface area contributed by atoms with Crippen molar-refractivity contribution in [2.24, 2.45) is 10.7 Å². The summed E-state index contributed by atoms with van der Waals surface area (Å²) in [6.07, 6.45) is 5.13. The molecule has 1 aromatic rings. The fraction of sp³-hybridized carbons (Fsp3) is 0.562. The number of nitrogens with two attached hydrogens (primary N) is 1. The Morgan fingerprint density at radius 1 is 1.24 bits per heavy atom. The molecule has 1 saturated heterocycles. The highest BCUT2D eigenvalue weighted by Gasteiger charge is 2.15. The van der Waals surface area contributed by atoms with Gasteiger partial charge in [-0.05, 0) is 51.4 Å². The zero-order valence-corrected chi connectivity index (χ0v) is 15.1. The number of para-hydroxylation sites is 1. The van der Waals surface area contributed by atoms with Gasteiger partial charge in [0.05, 0.1) is 0 Å². The molecule has 0 aliphatic carbocycles. The maximum atomic E-state index is 5.90. The van der Waals surface area contributed by atoms with Crippen LogP contribution in [0, 0.1) is 0 Å². The number of hydrogen-bond donors (Lipinski definition) is 2. The van der Waals surface area contributed by atoms with Crippen LogP contribution in [0.15, 0.2) is 35.3 Å². The van der Waals surface area contributed by atoms with Crippen molar-refractivity contribution in [1.29, 1.82) is 0 Å². The second-order valence-electron chi connectivity index (χ2n) is 5.49. The third-order valence-electron chi connectivity index (χ3n) is 3.89. The lowest BCUT2D eigenvalue weighted by atomic mass is 10.1. The summed E-state index contributed by atoms with van der Waals surface area (Å²) in [5, 5.41) is 3.11. The van der Waals surface area contributed by atoms with Gasteiger partial charge in [0, 0.05) is 18.3 Å². The lowest BCUT2D eigenvalue weighted by molar-refractivity contribution is 0.168. The van der Waals surface area contributed by atoms with E-state index in [9.17, 15) is 0 Å². The molecule has 0 spiro atoms. The first kappa shape index (κ1) is 18.2. The van der Waals surface area contributed by atoms with Crippen molar-refractivity contribution in [1.82, 2.24) is 4.90 Å². The van der Waals surface area contributed by atoms with Gasteiger partial charge in [-0.3, -0.25) is 4.99 Å².